The van der Waals surface area contributed by atoms with Crippen LogP contribution in [0.1, 0.15) is 5.56 Å². The van der Waals surface area contributed by atoms with Crippen molar-refractivity contribution < 1.29 is 14.2 Å². The molecule has 1 aliphatic rings. The second-order valence-corrected chi connectivity index (χ2v) is 4.06. The van der Waals surface area contributed by atoms with E-state index in [1.165, 1.54) is 0 Å². The van der Waals surface area contributed by atoms with Crippen LogP contribution in [0.3, 0.4) is 0 Å². The average molecular weight is 281 g/mol. The summed E-state index contributed by atoms with van der Waals surface area (Å²) >= 11 is 5.65. The van der Waals surface area contributed by atoms with Crippen molar-refractivity contribution in [2.45, 2.75) is 6.61 Å². The van der Waals surface area contributed by atoms with Crippen LogP contribution in [0.15, 0.2) is 18.2 Å². The summed E-state index contributed by atoms with van der Waals surface area (Å²) in [7, 11) is 0. The average Bonchev–Trinajstić information content (AvgIpc) is 2.82. The maximum Gasteiger partial charge on any atom is 0.322 e. The summed E-state index contributed by atoms with van der Waals surface area (Å²) in [5.74, 6) is 1.42. The maximum absolute atomic E-state index is 5.65. The summed E-state index contributed by atoms with van der Waals surface area (Å²) in [4.78, 5) is 11.3. The molecule has 2 aromatic rings. The Bertz CT molecular complexity index is 603. The van der Waals surface area contributed by atoms with E-state index in [9.17, 15) is 0 Å². The molecule has 0 bridgehead atoms. The molecule has 3 rings (SSSR count). The first kappa shape index (κ1) is 11.8. The fourth-order valence-corrected chi connectivity index (χ4v) is 1.75. The number of nitrogens with zero attached hydrogens (tertiary/aromatic N) is 3. The van der Waals surface area contributed by atoms with Crippen molar-refractivity contribution >= 4 is 17.5 Å². The fraction of sp³-hybridized carbons (Fsp3) is 0.182. The third-order valence-corrected chi connectivity index (χ3v) is 2.58. The number of anilines is 1. The van der Waals surface area contributed by atoms with Gasteiger partial charge in [0.25, 0.3) is 0 Å². The highest BCUT2D eigenvalue weighted by Crippen LogP contribution is 2.32. The van der Waals surface area contributed by atoms with E-state index in [1.807, 2.05) is 18.2 Å². The molecule has 0 saturated heterocycles. The van der Waals surface area contributed by atoms with E-state index in [2.05, 4.69) is 15.0 Å². The molecular weight excluding hydrogens is 272 g/mol. The summed E-state index contributed by atoms with van der Waals surface area (Å²) in [6.45, 7) is 0.496. The second-order valence-electron chi connectivity index (χ2n) is 3.72. The van der Waals surface area contributed by atoms with Gasteiger partial charge in [-0.05, 0) is 29.3 Å². The Labute approximate surface area is 113 Å². The van der Waals surface area contributed by atoms with Crippen LogP contribution in [0.2, 0.25) is 5.28 Å². The highest BCUT2D eigenvalue weighted by Gasteiger charge is 2.13. The van der Waals surface area contributed by atoms with E-state index in [1.54, 1.807) is 0 Å². The van der Waals surface area contributed by atoms with E-state index in [4.69, 9.17) is 31.5 Å². The molecule has 7 nitrogen and oxygen atoms in total. The van der Waals surface area contributed by atoms with E-state index in [-0.39, 0.29) is 30.6 Å². The number of ether oxygens (including phenoxy) is 3. The summed E-state index contributed by atoms with van der Waals surface area (Å²) in [6, 6.07) is 5.58. The second kappa shape index (κ2) is 4.77. The molecular formula is C11H9ClN4O3. The largest absolute Gasteiger partial charge is 0.458 e. The molecule has 2 N–H and O–H groups in total. The third-order valence-electron chi connectivity index (χ3n) is 2.41. The Morgan fingerprint density at radius 1 is 1.21 bits per heavy atom. The minimum Gasteiger partial charge on any atom is -0.458 e. The lowest BCUT2D eigenvalue weighted by Crippen LogP contribution is -2.04. The van der Waals surface area contributed by atoms with Crippen molar-refractivity contribution in [1.29, 1.82) is 0 Å². The zero-order chi connectivity index (χ0) is 13.2. The van der Waals surface area contributed by atoms with Gasteiger partial charge in [0.15, 0.2) is 11.5 Å². The van der Waals surface area contributed by atoms with E-state index < -0.39 is 0 Å². The molecule has 98 valence electrons. The fourth-order valence-electron chi connectivity index (χ4n) is 1.59. The zero-order valence-electron chi connectivity index (χ0n) is 9.67. The Hall–Kier alpha value is -2.28. The SMILES string of the molecule is Nc1nc(Cl)nc(OCc2ccc3c(c2)OCO3)n1. The molecule has 1 aromatic carbocycles. The van der Waals surface area contributed by atoms with Gasteiger partial charge in [-0.25, -0.2) is 0 Å². The highest BCUT2D eigenvalue weighted by molar-refractivity contribution is 6.28. The van der Waals surface area contributed by atoms with Gasteiger partial charge in [-0.3, -0.25) is 0 Å². The van der Waals surface area contributed by atoms with Crippen molar-refractivity contribution in [2.75, 3.05) is 12.5 Å². The molecule has 1 aliphatic heterocycles. The van der Waals surface area contributed by atoms with Crippen LogP contribution in [-0.2, 0) is 6.61 Å². The van der Waals surface area contributed by atoms with Crippen molar-refractivity contribution in [3.8, 4) is 17.5 Å². The lowest BCUT2D eigenvalue weighted by molar-refractivity contribution is 0.174. The van der Waals surface area contributed by atoms with Gasteiger partial charge in [0, 0.05) is 0 Å². The predicted molar refractivity (Wildman–Crippen MR) is 66.1 cm³/mol. The first-order valence-electron chi connectivity index (χ1n) is 5.39. The van der Waals surface area contributed by atoms with Crippen LogP contribution in [0.25, 0.3) is 0 Å². The lowest BCUT2D eigenvalue weighted by atomic mass is 10.2. The van der Waals surface area contributed by atoms with Crippen LogP contribution in [0.4, 0.5) is 5.95 Å². The van der Waals surface area contributed by atoms with Crippen LogP contribution in [-0.4, -0.2) is 21.7 Å². The molecule has 0 spiro atoms. The van der Waals surface area contributed by atoms with Gasteiger partial charge < -0.3 is 19.9 Å². The highest BCUT2D eigenvalue weighted by atomic mass is 35.5. The number of fused-ring (bicyclic) bond motifs is 1. The normalized spacial score (nSPS) is 12.5. The van der Waals surface area contributed by atoms with Gasteiger partial charge in [0.05, 0.1) is 0 Å². The Morgan fingerprint density at radius 3 is 2.89 bits per heavy atom. The number of benzene rings is 1. The topological polar surface area (TPSA) is 92.4 Å². The van der Waals surface area contributed by atoms with Crippen molar-refractivity contribution in [1.82, 2.24) is 15.0 Å². The quantitative estimate of drug-likeness (QED) is 0.908. The molecule has 0 fully saturated rings. The standard InChI is InChI=1S/C11H9ClN4O3/c12-9-14-10(13)16-11(15-9)17-4-6-1-2-7-8(3-6)19-5-18-7/h1-3H,4-5H2,(H2,13,14,15,16). The molecule has 8 heteroatoms. The van der Waals surface area contributed by atoms with Gasteiger partial charge in [0.2, 0.25) is 18.0 Å². The van der Waals surface area contributed by atoms with Gasteiger partial charge in [-0.15, -0.1) is 0 Å². The Balaban J connectivity index is 1.72. The molecule has 19 heavy (non-hydrogen) atoms. The number of rotatable bonds is 3. The number of nitrogens with two attached hydrogens (primary N) is 1. The van der Waals surface area contributed by atoms with Crippen molar-refractivity contribution in [3.63, 3.8) is 0 Å². The lowest BCUT2D eigenvalue weighted by Gasteiger charge is -2.05. The Kier molecular flexibility index (Phi) is 2.96. The van der Waals surface area contributed by atoms with Crippen molar-refractivity contribution in [2.24, 2.45) is 0 Å². The molecule has 1 aromatic heterocycles. The minimum absolute atomic E-state index is 0.00631. The number of hydrogen-bond acceptors (Lipinski definition) is 7. The van der Waals surface area contributed by atoms with Crippen LogP contribution in [0, 0.1) is 0 Å². The van der Waals surface area contributed by atoms with Gasteiger partial charge in [0.1, 0.15) is 6.61 Å². The van der Waals surface area contributed by atoms with E-state index >= 15 is 0 Å². The van der Waals surface area contributed by atoms with Gasteiger partial charge in [-0.1, -0.05) is 6.07 Å². The predicted octanol–water partition coefficient (Wildman–Crippen LogP) is 1.41. The summed E-state index contributed by atoms with van der Waals surface area (Å²) in [5, 5.41) is -0.00631. The smallest absolute Gasteiger partial charge is 0.322 e. The van der Waals surface area contributed by atoms with Gasteiger partial charge >= 0.3 is 6.01 Å². The number of halogens is 1. The molecule has 2 heterocycles. The maximum atomic E-state index is 5.65. The summed E-state index contributed by atoms with van der Waals surface area (Å²) in [5.41, 5.74) is 6.33. The van der Waals surface area contributed by atoms with Gasteiger partial charge in [-0.2, -0.15) is 15.0 Å². The number of aromatic nitrogens is 3. The zero-order valence-corrected chi connectivity index (χ0v) is 10.4. The van der Waals surface area contributed by atoms with E-state index in [0.29, 0.717) is 5.75 Å². The molecule has 0 saturated carbocycles. The Morgan fingerprint density at radius 2 is 2.05 bits per heavy atom. The summed E-state index contributed by atoms with van der Waals surface area (Å²) in [6.07, 6.45) is 0. The van der Waals surface area contributed by atoms with Crippen molar-refractivity contribution in [3.05, 3.63) is 29.0 Å². The third kappa shape index (κ3) is 2.60. The van der Waals surface area contributed by atoms with Crippen LogP contribution >= 0.6 is 11.6 Å². The molecule has 0 radical (unpaired) electrons. The summed E-state index contributed by atoms with van der Waals surface area (Å²) < 4.78 is 15.9. The van der Waals surface area contributed by atoms with Crippen LogP contribution < -0.4 is 19.9 Å². The first-order valence-corrected chi connectivity index (χ1v) is 5.77. The van der Waals surface area contributed by atoms with E-state index in [0.717, 1.165) is 11.3 Å². The molecule has 0 unspecified atom stereocenters. The monoisotopic (exact) mass is 280 g/mol. The molecule has 0 atom stereocenters. The first-order chi connectivity index (χ1) is 9.20. The molecule has 0 amide bonds. The number of hydrogen-bond donors (Lipinski definition) is 1. The minimum atomic E-state index is -0.00631. The molecule has 0 aliphatic carbocycles. The number of nitrogen functional groups attached to an aromatic ring is 1. The van der Waals surface area contributed by atoms with Crippen LogP contribution in [0.5, 0.6) is 17.5 Å².